The standard InChI is InChI=1S/C23H23ClN2O9S/c1-3-33-23(30)25-16-6-9-18-14(10-20(28)35-19(18)11-16)12-34-22(29)21(13(2)27)26-36(31,32)17-7-4-15(24)5-8-17/h4-11,13,21,26-27H,3,12H2,1-2H3,(H,25,30)/t13-,21+/m0/s1. The second kappa shape index (κ2) is 11.5. The van der Waals surface area contributed by atoms with Crippen molar-refractivity contribution < 1.29 is 37.0 Å². The van der Waals surface area contributed by atoms with Gasteiger partial charge in [0.2, 0.25) is 10.0 Å². The van der Waals surface area contributed by atoms with Gasteiger partial charge in [-0.3, -0.25) is 10.1 Å². The number of aliphatic hydroxyl groups excluding tert-OH is 1. The fourth-order valence-corrected chi connectivity index (χ4v) is 4.53. The zero-order valence-corrected chi connectivity index (χ0v) is 20.8. The van der Waals surface area contributed by atoms with E-state index in [9.17, 15) is 27.9 Å². The van der Waals surface area contributed by atoms with E-state index in [1.54, 1.807) is 13.0 Å². The lowest BCUT2D eigenvalue weighted by Crippen LogP contribution is -2.48. The Morgan fingerprint density at radius 3 is 2.44 bits per heavy atom. The van der Waals surface area contributed by atoms with E-state index in [4.69, 9.17) is 25.5 Å². The summed E-state index contributed by atoms with van der Waals surface area (Å²) in [5.41, 5.74) is -0.0538. The molecule has 0 radical (unpaired) electrons. The molecule has 192 valence electrons. The summed E-state index contributed by atoms with van der Waals surface area (Å²) in [5, 5.41) is 13.2. The summed E-state index contributed by atoms with van der Waals surface area (Å²) in [6.45, 7) is 2.63. The summed E-state index contributed by atoms with van der Waals surface area (Å²) in [4.78, 5) is 36.2. The van der Waals surface area contributed by atoms with E-state index in [1.165, 1.54) is 43.3 Å². The van der Waals surface area contributed by atoms with Crippen molar-refractivity contribution in [2.75, 3.05) is 11.9 Å². The van der Waals surface area contributed by atoms with Crippen LogP contribution in [-0.4, -0.2) is 44.3 Å². The molecular formula is C23H23ClN2O9S. The van der Waals surface area contributed by atoms with Crippen molar-refractivity contribution in [3.8, 4) is 0 Å². The number of benzene rings is 2. The van der Waals surface area contributed by atoms with Gasteiger partial charge in [-0.05, 0) is 50.2 Å². The Balaban J connectivity index is 1.78. The van der Waals surface area contributed by atoms with E-state index in [-0.39, 0.29) is 22.6 Å². The fraction of sp³-hybridized carbons (Fsp3) is 0.261. The van der Waals surface area contributed by atoms with Gasteiger partial charge in [-0.2, -0.15) is 4.72 Å². The van der Waals surface area contributed by atoms with Crippen LogP contribution in [0.5, 0.6) is 0 Å². The minimum atomic E-state index is -4.19. The summed E-state index contributed by atoms with van der Waals surface area (Å²) in [5.74, 6) is -1.07. The molecule has 3 aromatic rings. The molecule has 36 heavy (non-hydrogen) atoms. The zero-order valence-electron chi connectivity index (χ0n) is 19.2. The third kappa shape index (κ3) is 6.82. The van der Waals surface area contributed by atoms with E-state index in [1.807, 2.05) is 0 Å². The van der Waals surface area contributed by atoms with Crippen LogP contribution in [0.1, 0.15) is 19.4 Å². The molecular weight excluding hydrogens is 516 g/mol. The van der Waals surface area contributed by atoms with Crippen LogP contribution >= 0.6 is 11.6 Å². The quantitative estimate of drug-likeness (QED) is 0.275. The minimum absolute atomic E-state index is 0.110. The maximum atomic E-state index is 12.7. The van der Waals surface area contributed by atoms with E-state index in [0.29, 0.717) is 16.1 Å². The van der Waals surface area contributed by atoms with Crippen LogP contribution in [0.3, 0.4) is 0 Å². The van der Waals surface area contributed by atoms with Gasteiger partial charge in [0.15, 0.2) is 0 Å². The molecule has 0 aliphatic carbocycles. The van der Waals surface area contributed by atoms with Crippen molar-refractivity contribution >= 4 is 50.3 Å². The maximum absolute atomic E-state index is 12.7. The lowest BCUT2D eigenvalue weighted by atomic mass is 10.1. The first-order chi connectivity index (χ1) is 17.0. The molecule has 1 heterocycles. The molecule has 0 spiro atoms. The fourth-order valence-electron chi connectivity index (χ4n) is 3.14. The molecule has 0 fully saturated rings. The zero-order chi connectivity index (χ0) is 26.5. The van der Waals surface area contributed by atoms with Crippen molar-refractivity contribution in [3.63, 3.8) is 0 Å². The first-order valence-corrected chi connectivity index (χ1v) is 12.5. The number of anilines is 1. The first kappa shape index (κ1) is 27.1. The van der Waals surface area contributed by atoms with Crippen LogP contribution in [0.4, 0.5) is 10.5 Å². The Kier molecular flexibility index (Phi) is 8.69. The molecule has 1 aromatic heterocycles. The number of nitrogens with one attached hydrogen (secondary N) is 2. The normalized spacial score (nSPS) is 13.1. The van der Waals surface area contributed by atoms with E-state index < -0.39 is 46.5 Å². The Morgan fingerprint density at radius 1 is 1.11 bits per heavy atom. The molecule has 11 nitrogen and oxygen atoms in total. The lowest BCUT2D eigenvalue weighted by Gasteiger charge is -2.20. The monoisotopic (exact) mass is 538 g/mol. The molecule has 2 aromatic carbocycles. The van der Waals surface area contributed by atoms with Gasteiger partial charge in [-0.15, -0.1) is 0 Å². The summed E-state index contributed by atoms with van der Waals surface area (Å²) in [6, 6.07) is 9.18. The van der Waals surface area contributed by atoms with Crippen LogP contribution in [0.15, 0.2) is 62.6 Å². The number of aliphatic hydroxyl groups is 1. The number of esters is 1. The second-order valence-electron chi connectivity index (χ2n) is 7.55. The van der Waals surface area contributed by atoms with Gasteiger partial charge in [0.25, 0.3) is 0 Å². The number of carbonyl (C=O) groups excluding carboxylic acids is 2. The highest BCUT2D eigenvalue weighted by Crippen LogP contribution is 2.22. The van der Waals surface area contributed by atoms with Gasteiger partial charge in [-0.25, -0.2) is 18.0 Å². The number of halogens is 1. The SMILES string of the molecule is CCOC(=O)Nc1ccc2c(COC(=O)[C@H](NS(=O)(=O)c3ccc(Cl)cc3)[C@H](C)O)cc(=O)oc2c1. The Morgan fingerprint density at radius 2 is 1.81 bits per heavy atom. The largest absolute Gasteiger partial charge is 0.460 e. The Hall–Kier alpha value is -3.45. The average Bonchev–Trinajstić information content (AvgIpc) is 2.80. The van der Waals surface area contributed by atoms with Crippen LogP contribution in [0.2, 0.25) is 5.02 Å². The number of hydrogen-bond acceptors (Lipinski definition) is 9. The van der Waals surface area contributed by atoms with Crippen molar-refractivity contribution in [3.05, 3.63) is 69.5 Å². The van der Waals surface area contributed by atoms with Gasteiger partial charge in [0.1, 0.15) is 18.2 Å². The third-order valence-electron chi connectivity index (χ3n) is 4.86. The molecule has 0 unspecified atom stereocenters. The summed E-state index contributed by atoms with van der Waals surface area (Å²) >= 11 is 5.78. The van der Waals surface area contributed by atoms with Gasteiger partial charge in [0, 0.05) is 33.8 Å². The molecule has 0 saturated carbocycles. The molecule has 1 amide bonds. The van der Waals surface area contributed by atoms with Crippen LogP contribution in [-0.2, 0) is 30.9 Å². The summed E-state index contributed by atoms with van der Waals surface area (Å²) < 4.78 is 42.6. The summed E-state index contributed by atoms with van der Waals surface area (Å²) in [7, 11) is -4.19. The molecule has 0 aliphatic heterocycles. The number of ether oxygens (including phenoxy) is 2. The third-order valence-corrected chi connectivity index (χ3v) is 6.57. The second-order valence-corrected chi connectivity index (χ2v) is 9.70. The lowest BCUT2D eigenvalue weighted by molar-refractivity contribution is -0.149. The number of rotatable bonds is 9. The molecule has 0 saturated heterocycles. The maximum Gasteiger partial charge on any atom is 0.411 e. The Labute approximate surface area is 211 Å². The summed E-state index contributed by atoms with van der Waals surface area (Å²) in [6.07, 6.45) is -2.12. The van der Waals surface area contributed by atoms with Crippen molar-refractivity contribution in [2.24, 2.45) is 0 Å². The highest BCUT2D eigenvalue weighted by molar-refractivity contribution is 7.89. The molecule has 0 bridgehead atoms. The molecule has 0 aliphatic rings. The highest BCUT2D eigenvalue weighted by Gasteiger charge is 2.31. The smallest absolute Gasteiger partial charge is 0.411 e. The number of fused-ring (bicyclic) bond motifs is 1. The number of hydrogen-bond donors (Lipinski definition) is 3. The Bertz CT molecular complexity index is 1420. The average molecular weight is 539 g/mol. The highest BCUT2D eigenvalue weighted by atomic mass is 35.5. The molecule has 13 heteroatoms. The van der Waals surface area contributed by atoms with Gasteiger partial charge < -0.3 is 19.0 Å². The van der Waals surface area contributed by atoms with Crippen LogP contribution in [0, 0.1) is 0 Å². The molecule has 3 rings (SSSR count). The van der Waals surface area contributed by atoms with Crippen LogP contribution in [0.25, 0.3) is 11.0 Å². The predicted octanol–water partition coefficient (Wildman–Crippen LogP) is 2.79. The van der Waals surface area contributed by atoms with Crippen LogP contribution < -0.4 is 15.7 Å². The first-order valence-electron chi connectivity index (χ1n) is 10.6. The number of amides is 1. The number of sulfonamides is 1. The van der Waals surface area contributed by atoms with E-state index >= 15 is 0 Å². The molecule has 2 atom stereocenters. The van der Waals surface area contributed by atoms with Gasteiger partial charge >= 0.3 is 17.7 Å². The van der Waals surface area contributed by atoms with Gasteiger partial charge in [-0.1, -0.05) is 11.6 Å². The topological polar surface area (TPSA) is 161 Å². The molecule has 3 N–H and O–H groups in total. The van der Waals surface area contributed by atoms with E-state index in [0.717, 1.165) is 6.07 Å². The number of carbonyl (C=O) groups is 2. The minimum Gasteiger partial charge on any atom is -0.460 e. The van der Waals surface area contributed by atoms with Gasteiger partial charge in [0.05, 0.1) is 17.6 Å². The van der Waals surface area contributed by atoms with E-state index in [2.05, 4.69) is 10.0 Å². The van der Waals surface area contributed by atoms with Crippen molar-refractivity contribution in [2.45, 2.75) is 37.5 Å². The van der Waals surface area contributed by atoms with Crippen molar-refractivity contribution in [1.82, 2.24) is 4.72 Å². The van der Waals surface area contributed by atoms with Crippen molar-refractivity contribution in [1.29, 1.82) is 0 Å². The predicted molar refractivity (Wildman–Crippen MR) is 130 cm³/mol.